The monoisotopic (exact) mass is 1650 g/mol. The molecule has 17 N–H and O–H groups in total. The van der Waals surface area contributed by atoms with Crippen molar-refractivity contribution < 1.29 is 14.4 Å². The van der Waals surface area contributed by atoms with Crippen LogP contribution in [-0.2, 0) is 14.4 Å². The van der Waals surface area contributed by atoms with Crippen molar-refractivity contribution in [1.29, 1.82) is 0 Å². The van der Waals surface area contributed by atoms with Gasteiger partial charge in [0.25, 0.3) is 0 Å². The molecule has 0 fully saturated rings. The fourth-order valence-electron chi connectivity index (χ4n) is 15.7. The Balaban J connectivity index is 0. The Morgan fingerprint density at radius 2 is 0.436 bits per heavy atom. The van der Waals surface area contributed by atoms with Gasteiger partial charge in [-0.1, -0.05) is 413 Å². The molecule has 0 saturated heterocycles. The SMILES string of the molecule is CCCCCCCCCCCCCCCCCCN(CCCCCCCCCCCCCCCCCC)C(=O)CNC(=O)CNCCCNCCCCNCCCN=C(N)N.CCCCCCCCCCCCCCCCCCN(CCCCCCCCCCCCCCCCCC)C(=O)CNCCN(CCN=C(N)N)CCN=C(N)N. The topological polar surface area (TPSA) is 314 Å². The Morgan fingerprint density at radius 1 is 0.214 bits per heavy atom. The zero-order chi connectivity index (χ0) is 85.4. The van der Waals surface area contributed by atoms with E-state index >= 15 is 0 Å². The summed E-state index contributed by atoms with van der Waals surface area (Å²) < 4.78 is 0. The number of carbonyl (C=O) groups is 3. The summed E-state index contributed by atoms with van der Waals surface area (Å²) in [5.74, 6) is 0.528. The first kappa shape index (κ1) is 115. The molecule has 0 aromatic carbocycles. The van der Waals surface area contributed by atoms with E-state index in [9.17, 15) is 14.4 Å². The van der Waals surface area contributed by atoms with E-state index in [0.29, 0.717) is 45.8 Å². The molecule has 0 radical (unpaired) electrons. The maximum absolute atomic E-state index is 13.4. The molecule has 0 aromatic rings. The molecule has 0 bridgehead atoms. The Labute approximate surface area is 725 Å². The molecule has 0 aliphatic heterocycles. The van der Waals surface area contributed by atoms with Gasteiger partial charge in [-0.05, 0) is 84.1 Å². The van der Waals surface area contributed by atoms with Crippen LogP contribution in [-0.4, -0.2) is 175 Å². The number of carbonyl (C=O) groups excluding carboxylic acids is 3. The lowest BCUT2D eigenvalue weighted by molar-refractivity contribution is -0.132. The third-order valence-corrected chi connectivity index (χ3v) is 23.3. The molecule has 117 heavy (non-hydrogen) atoms. The predicted octanol–water partition coefficient (Wildman–Crippen LogP) is 20.8. The summed E-state index contributed by atoms with van der Waals surface area (Å²) in [5, 5.41) is 16.4. The number of unbranched alkanes of at least 4 members (excludes halogenated alkanes) is 61. The van der Waals surface area contributed by atoms with Crippen molar-refractivity contribution in [1.82, 2.24) is 41.3 Å². The van der Waals surface area contributed by atoms with Crippen LogP contribution in [0.3, 0.4) is 0 Å². The molecule has 0 heterocycles. The lowest BCUT2D eigenvalue weighted by Gasteiger charge is -2.24. The van der Waals surface area contributed by atoms with Gasteiger partial charge in [0.15, 0.2) is 17.9 Å². The number of nitrogens with zero attached hydrogens (tertiary/aromatic N) is 6. The first-order chi connectivity index (χ1) is 57.4. The van der Waals surface area contributed by atoms with Gasteiger partial charge in [0, 0.05) is 58.9 Å². The molecular formula is C97H203N17O3. The first-order valence-electron chi connectivity index (χ1n) is 50.9. The normalized spacial score (nSPS) is 11.3. The van der Waals surface area contributed by atoms with Gasteiger partial charge in [0.05, 0.1) is 32.7 Å². The number of aliphatic imine (C=N–C) groups is 3. The highest BCUT2D eigenvalue weighted by Crippen LogP contribution is 2.20. The molecule has 0 aliphatic rings. The fraction of sp³-hybridized carbons (Fsp3) is 0.938. The summed E-state index contributed by atoms with van der Waals surface area (Å²) >= 11 is 0. The fourth-order valence-corrected chi connectivity index (χ4v) is 15.7. The van der Waals surface area contributed by atoms with Gasteiger partial charge in [-0.15, -0.1) is 0 Å². The van der Waals surface area contributed by atoms with Crippen molar-refractivity contribution >= 4 is 35.6 Å². The average molecular weight is 1660 g/mol. The Kier molecular flexibility index (Phi) is 97.5. The number of nitrogens with one attached hydrogen (secondary N) is 5. The van der Waals surface area contributed by atoms with Gasteiger partial charge in [0.1, 0.15) is 0 Å². The van der Waals surface area contributed by atoms with Crippen LogP contribution >= 0.6 is 0 Å². The molecule has 0 aliphatic carbocycles. The third kappa shape index (κ3) is 97.3. The Morgan fingerprint density at radius 3 is 0.709 bits per heavy atom. The highest BCUT2D eigenvalue weighted by molar-refractivity contribution is 5.85. The summed E-state index contributed by atoms with van der Waals surface area (Å²) in [7, 11) is 0. The summed E-state index contributed by atoms with van der Waals surface area (Å²) in [6.07, 6.45) is 91.0. The maximum atomic E-state index is 13.4. The maximum Gasteiger partial charge on any atom is 0.241 e. The quantitative estimate of drug-likeness (QED) is 0.0153. The predicted molar refractivity (Wildman–Crippen MR) is 513 cm³/mol. The highest BCUT2D eigenvalue weighted by atomic mass is 16.2. The zero-order valence-corrected chi connectivity index (χ0v) is 78.4. The van der Waals surface area contributed by atoms with Gasteiger partial charge >= 0.3 is 0 Å². The van der Waals surface area contributed by atoms with Gasteiger partial charge in [0.2, 0.25) is 17.7 Å². The zero-order valence-electron chi connectivity index (χ0n) is 78.4. The summed E-state index contributed by atoms with van der Waals surface area (Å²) in [6, 6.07) is 0. The lowest BCUT2D eigenvalue weighted by atomic mass is 10.0. The Hall–Kier alpha value is -3.98. The van der Waals surface area contributed by atoms with Crippen molar-refractivity contribution in [2.24, 2.45) is 49.4 Å². The first-order valence-corrected chi connectivity index (χ1v) is 50.9. The van der Waals surface area contributed by atoms with E-state index in [1.807, 2.05) is 4.90 Å². The van der Waals surface area contributed by atoms with Crippen molar-refractivity contribution in [2.45, 2.75) is 464 Å². The Bertz CT molecular complexity index is 2000. The van der Waals surface area contributed by atoms with E-state index in [1.54, 1.807) is 0 Å². The number of amides is 3. The average Bonchev–Trinajstić information content (AvgIpc) is 0.941. The van der Waals surface area contributed by atoms with E-state index in [2.05, 4.69) is 79.1 Å². The van der Waals surface area contributed by atoms with Gasteiger partial charge in [-0.25, -0.2) is 0 Å². The van der Waals surface area contributed by atoms with Crippen LogP contribution in [0.25, 0.3) is 0 Å². The minimum absolute atomic E-state index is 0.0700. The second-order valence-corrected chi connectivity index (χ2v) is 34.8. The van der Waals surface area contributed by atoms with Gasteiger partial charge < -0.3 is 70.8 Å². The smallest absolute Gasteiger partial charge is 0.241 e. The molecule has 20 heteroatoms. The van der Waals surface area contributed by atoms with Gasteiger partial charge in [-0.2, -0.15) is 0 Å². The summed E-state index contributed by atoms with van der Waals surface area (Å²) in [5.41, 5.74) is 32.7. The molecular weight excluding hydrogens is 1450 g/mol. The van der Waals surface area contributed by atoms with Gasteiger partial charge in [-0.3, -0.25) is 34.3 Å². The number of rotatable bonds is 96. The largest absolute Gasteiger partial charge is 0.370 e. The van der Waals surface area contributed by atoms with Crippen LogP contribution in [0.5, 0.6) is 0 Å². The van der Waals surface area contributed by atoms with E-state index < -0.39 is 0 Å². The van der Waals surface area contributed by atoms with E-state index in [-0.39, 0.29) is 48.7 Å². The van der Waals surface area contributed by atoms with E-state index in [4.69, 9.17) is 34.4 Å². The molecule has 0 unspecified atom stereocenters. The van der Waals surface area contributed by atoms with Crippen molar-refractivity contribution in [3.63, 3.8) is 0 Å². The highest BCUT2D eigenvalue weighted by Gasteiger charge is 2.17. The van der Waals surface area contributed by atoms with Crippen molar-refractivity contribution in [3.05, 3.63) is 0 Å². The van der Waals surface area contributed by atoms with Crippen molar-refractivity contribution in [2.75, 3.05) is 124 Å². The molecule has 0 rings (SSSR count). The molecule has 0 saturated carbocycles. The molecule has 20 nitrogen and oxygen atoms in total. The van der Waals surface area contributed by atoms with Crippen LogP contribution in [0.2, 0.25) is 0 Å². The van der Waals surface area contributed by atoms with Crippen LogP contribution in [0, 0.1) is 0 Å². The number of nitrogens with two attached hydrogens (primary N) is 6. The second kappa shape index (κ2) is 99.1. The standard InChI is InChI=1S/C51H106N8O2.C46H97N9O/c1-3-5-7-9-11-13-15-17-19-21-23-25-27-29-31-35-45-59(46-36-32-30-28-26-24-22-20-18-16-14-12-10-8-6-4-2)50(61)48-58-49(60)47-56-43-37-41-54-39-33-34-40-55-42-38-44-57-51(52)53;1-3-5-7-9-11-13-15-17-19-21-23-25-27-29-31-33-38-55(39-34-32-30-28-26-24-22-20-18-16-14-12-10-8-6-4-2)44(56)43-51-35-40-54(41-36-52-45(47)48)42-37-53-46(49)50/h54-56H,3-48H2,1-2H3,(H,58,60)(H4,52,53,57);51H,3-43H2,1-2H3,(H4,47,48,52)(H4,49,50,53). The molecule has 0 aromatic heterocycles. The van der Waals surface area contributed by atoms with Crippen LogP contribution in [0.4, 0.5) is 0 Å². The van der Waals surface area contributed by atoms with E-state index in [1.165, 1.54) is 385 Å². The van der Waals surface area contributed by atoms with Crippen LogP contribution < -0.4 is 61.0 Å². The third-order valence-electron chi connectivity index (χ3n) is 23.3. The number of hydrogen-bond donors (Lipinski definition) is 11. The minimum Gasteiger partial charge on any atom is -0.370 e. The molecule has 0 spiro atoms. The van der Waals surface area contributed by atoms with Crippen LogP contribution in [0.15, 0.2) is 15.0 Å². The molecule has 0 atom stereocenters. The van der Waals surface area contributed by atoms with Crippen LogP contribution in [0.1, 0.15) is 464 Å². The number of guanidine groups is 3. The molecule has 3 amide bonds. The van der Waals surface area contributed by atoms with E-state index in [0.717, 1.165) is 117 Å². The minimum atomic E-state index is -0.100. The molecule has 694 valence electrons. The van der Waals surface area contributed by atoms with Crippen molar-refractivity contribution in [3.8, 4) is 0 Å². The summed E-state index contributed by atoms with van der Waals surface area (Å²) in [4.78, 5) is 57.9. The summed E-state index contributed by atoms with van der Waals surface area (Å²) in [6.45, 7) is 22.4. The second-order valence-electron chi connectivity index (χ2n) is 34.8. The number of hydrogen-bond acceptors (Lipinski definition) is 11. The lowest BCUT2D eigenvalue weighted by Crippen LogP contribution is -2.43.